The van der Waals surface area contributed by atoms with E-state index in [0.29, 0.717) is 0 Å². The van der Waals surface area contributed by atoms with Crippen LogP contribution in [0.15, 0.2) is 6.20 Å². The third-order valence-corrected chi connectivity index (χ3v) is 2.21. The van der Waals surface area contributed by atoms with Crippen LogP contribution in [0.1, 0.15) is 86.8 Å². The number of aryl methyl sites for hydroxylation is 2. The molecule has 0 unspecified atom stereocenters. The fraction of sp³-hybridized carbons (Fsp3) is 0.875. The van der Waals surface area contributed by atoms with Crippen LogP contribution in [0.25, 0.3) is 0 Å². The molecule has 124 valence electrons. The van der Waals surface area contributed by atoms with Gasteiger partial charge in [-0.2, -0.15) is 0 Å². The lowest BCUT2D eigenvalue weighted by Gasteiger charge is -2.03. The first-order valence-corrected chi connectivity index (χ1v) is 8.25. The zero-order valence-corrected chi connectivity index (χ0v) is 15.2. The highest BCUT2D eigenvalue weighted by atomic mass is 16.0. The summed E-state index contributed by atoms with van der Waals surface area (Å²) < 4.78 is 2.04. The Morgan fingerprint density at radius 2 is 1.40 bits per heavy atom. The van der Waals surface area contributed by atoms with Crippen molar-refractivity contribution < 1.29 is 5.48 Å². The average molecular weight is 290 g/mol. The van der Waals surface area contributed by atoms with Crippen molar-refractivity contribution in [1.82, 2.24) is 15.0 Å². The molecule has 0 fully saturated rings. The van der Waals surface area contributed by atoms with Crippen molar-refractivity contribution in [3.05, 3.63) is 11.9 Å². The molecule has 0 saturated heterocycles. The van der Waals surface area contributed by atoms with Crippen LogP contribution >= 0.6 is 0 Å². The maximum absolute atomic E-state index is 4.07. The minimum Gasteiger partial charge on any atom is -0.412 e. The van der Waals surface area contributed by atoms with Crippen LogP contribution in [-0.2, 0) is 13.0 Å². The van der Waals surface area contributed by atoms with Crippen molar-refractivity contribution >= 4 is 0 Å². The van der Waals surface area contributed by atoms with Crippen molar-refractivity contribution in [2.24, 2.45) is 0 Å². The molecule has 0 aliphatic heterocycles. The molecule has 0 aliphatic rings. The van der Waals surface area contributed by atoms with Crippen LogP contribution < -0.4 is 0 Å². The molecule has 0 bridgehead atoms. The predicted octanol–water partition coefficient (Wildman–Crippen LogP) is 4.67. The summed E-state index contributed by atoms with van der Waals surface area (Å²) in [5.41, 5.74) is 1.29. The molecule has 0 amide bonds. The van der Waals surface area contributed by atoms with E-state index in [0.717, 1.165) is 13.0 Å². The van der Waals surface area contributed by atoms with Crippen LogP contribution in [0.2, 0.25) is 0 Å². The van der Waals surface area contributed by atoms with Gasteiger partial charge in [0.25, 0.3) is 0 Å². The van der Waals surface area contributed by atoms with Gasteiger partial charge in [-0.1, -0.05) is 73.4 Å². The Bertz CT molecular complexity index is 215. The van der Waals surface area contributed by atoms with Gasteiger partial charge in [0.05, 0.1) is 11.9 Å². The van der Waals surface area contributed by atoms with Crippen LogP contribution in [0.4, 0.5) is 0 Å². The molecule has 1 rings (SSSR count). The zero-order valence-electron chi connectivity index (χ0n) is 15.2. The summed E-state index contributed by atoms with van der Waals surface area (Å²) in [6.45, 7) is 17.4. The average Bonchev–Trinajstić information content (AvgIpc) is 2.96. The van der Waals surface area contributed by atoms with E-state index in [9.17, 15) is 0 Å². The molecule has 2 N–H and O–H groups in total. The second kappa shape index (κ2) is 26.6. The Morgan fingerprint density at radius 1 is 0.900 bits per heavy atom. The normalized spacial score (nSPS) is 7.80. The van der Waals surface area contributed by atoms with Crippen LogP contribution in [0, 0.1) is 0 Å². The molecule has 0 aliphatic carbocycles. The van der Waals surface area contributed by atoms with E-state index in [1.807, 2.05) is 52.4 Å². The summed E-state index contributed by atoms with van der Waals surface area (Å²) in [7, 11) is 0. The maximum atomic E-state index is 4.07. The number of hydrogen-bond acceptors (Lipinski definition) is 2. The van der Waals surface area contributed by atoms with E-state index >= 15 is 0 Å². The van der Waals surface area contributed by atoms with Gasteiger partial charge < -0.3 is 5.48 Å². The molecule has 4 nitrogen and oxygen atoms in total. The van der Waals surface area contributed by atoms with E-state index in [1.54, 1.807) is 0 Å². The molecule has 1 heterocycles. The van der Waals surface area contributed by atoms with Crippen molar-refractivity contribution in [2.75, 3.05) is 0 Å². The highest BCUT2D eigenvalue weighted by molar-refractivity contribution is 4.93. The molecule has 0 aromatic carbocycles. The third kappa shape index (κ3) is 15.2. The summed E-state index contributed by atoms with van der Waals surface area (Å²) in [4.78, 5) is 0. The lowest BCUT2D eigenvalue weighted by molar-refractivity contribution is 0.528. The Labute approximate surface area is 127 Å². The first-order valence-electron chi connectivity index (χ1n) is 8.25. The first kappa shape index (κ1) is 27.4. The summed E-state index contributed by atoms with van der Waals surface area (Å²) in [6, 6.07) is 0. The number of hydrogen-bond donors (Lipinski definition) is 0. The molecule has 0 atom stereocenters. The number of nitrogens with zero attached hydrogens (tertiary/aromatic N) is 3. The molecular formula is C16H39N3O. The highest BCUT2D eigenvalue weighted by Gasteiger charge is 2.01. The van der Waals surface area contributed by atoms with Gasteiger partial charge in [-0.3, -0.25) is 0 Å². The quantitative estimate of drug-likeness (QED) is 0.763. The van der Waals surface area contributed by atoms with Crippen molar-refractivity contribution in [2.45, 2.75) is 94.0 Å². The zero-order chi connectivity index (χ0) is 15.5. The Kier molecular flexibility index (Phi) is 36.5. The second-order valence-electron chi connectivity index (χ2n) is 3.41. The molecule has 20 heavy (non-hydrogen) atoms. The topological polar surface area (TPSA) is 62.2 Å². The van der Waals surface area contributed by atoms with Gasteiger partial charge in [0.1, 0.15) is 0 Å². The number of rotatable bonds is 6. The van der Waals surface area contributed by atoms with Crippen LogP contribution in [0.3, 0.4) is 0 Å². The lowest BCUT2D eigenvalue weighted by Crippen LogP contribution is -2.05. The van der Waals surface area contributed by atoms with Gasteiger partial charge in [0, 0.05) is 6.54 Å². The number of aromatic nitrogens is 3. The van der Waals surface area contributed by atoms with Gasteiger partial charge in [-0.25, -0.2) is 4.68 Å². The molecule has 0 saturated carbocycles. The van der Waals surface area contributed by atoms with Crippen molar-refractivity contribution in [3.8, 4) is 0 Å². The standard InChI is InChI=1S/C10H19N3.3C2H6.H2O/c1-3-5-7-10-9-11-12-13(10)8-6-4-2;3*1-2;/h9H,3-8H2,1-2H3;3*1-2H3;1H2. The maximum Gasteiger partial charge on any atom is 0.0725 e. The molecule has 0 radical (unpaired) electrons. The highest BCUT2D eigenvalue weighted by Crippen LogP contribution is 2.04. The SMILES string of the molecule is CC.CC.CC.CCCCc1cnnn1CCCC.O. The Balaban J connectivity index is -0.000000162. The third-order valence-electron chi connectivity index (χ3n) is 2.21. The van der Waals surface area contributed by atoms with Crippen molar-refractivity contribution in [1.29, 1.82) is 0 Å². The molecular weight excluding hydrogens is 250 g/mol. The van der Waals surface area contributed by atoms with Gasteiger partial charge in [0.15, 0.2) is 0 Å². The summed E-state index contributed by atoms with van der Waals surface area (Å²) in [5, 5.41) is 8.01. The van der Waals surface area contributed by atoms with E-state index < -0.39 is 0 Å². The largest absolute Gasteiger partial charge is 0.412 e. The fourth-order valence-electron chi connectivity index (χ4n) is 1.33. The van der Waals surface area contributed by atoms with Crippen molar-refractivity contribution in [3.63, 3.8) is 0 Å². The summed E-state index contributed by atoms with van der Waals surface area (Å²) in [6.07, 6.45) is 7.90. The van der Waals surface area contributed by atoms with E-state index in [1.165, 1.54) is 31.4 Å². The molecule has 1 aromatic heterocycles. The summed E-state index contributed by atoms with van der Waals surface area (Å²) >= 11 is 0. The minimum atomic E-state index is 0. The smallest absolute Gasteiger partial charge is 0.0725 e. The fourth-order valence-corrected chi connectivity index (χ4v) is 1.33. The van der Waals surface area contributed by atoms with Crippen LogP contribution in [0.5, 0.6) is 0 Å². The predicted molar refractivity (Wildman–Crippen MR) is 91.2 cm³/mol. The number of unbranched alkanes of at least 4 members (excludes halogenated alkanes) is 2. The monoisotopic (exact) mass is 289 g/mol. The Morgan fingerprint density at radius 3 is 1.85 bits per heavy atom. The van der Waals surface area contributed by atoms with E-state index in [-0.39, 0.29) is 5.48 Å². The Hall–Kier alpha value is -0.900. The molecule has 1 aromatic rings. The molecule has 0 spiro atoms. The van der Waals surface area contributed by atoms with E-state index in [2.05, 4.69) is 24.2 Å². The van der Waals surface area contributed by atoms with Gasteiger partial charge in [-0.05, 0) is 19.3 Å². The van der Waals surface area contributed by atoms with Gasteiger partial charge in [0.2, 0.25) is 0 Å². The van der Waals surface area contributed by atoms with Crippen LogP contribution in [-0.4, -0.2) is 20.5 Å². The second-order valence-corrected chi connectivity index (χ2v) is 3.41. The first-order chi connectivity index (χ1) is 9.38. The van der Waals surface area contributed by atoms with Gasteiger partial charge >= 0.3 is 0 Å². The van der Waals surface area contributed by atoms with E-state index in [4.69, 9.17) is 0 Å². The lowest BCUT2D eigenvalue weighted by atomic mass is 10.2. The minimum absolute atomic E-state index is 0. The molecule has 4 heteroatoms. The van der Waals surface area contributed by atoms with Gasteiger partial charge in [-0.15, -0.1) is 5.10 Å². The summed E-state index contributed by atoms with van der Waals surface area (Å²) in [5.74, 6) is 0.